The Labute approximate surface area is 111 Å². The number of carbonyl (C=O) groups is 1. The molecule has 1 rings (SSSR count). The Balaban J connectivity index is 2.51. The van der Waals surface area contributed by atoms with E-state index in [1.165, 1.54) is 18.2 Å². The summed E-state index contributed by atoms with van der Waals surface area (Å²) in [5.74, 6) is -0.849. The van der Waals surface area contributed by atoms with Gasteiger partial charge in [0.15, 0.2) is 0 Å². The van der Waals surface area contributed by atoms with Crippen LogP contribution in [0.5, 0.6) is 0 Å². The lowest BCUT2D eigenvalue weighted by Gasteiger charge is -2.10. The van der Waals surface area contributed by atoms with Gasteiger partial charge in [0.05, 0.1) is 0 Å². The van der Waals surface area contributed by atoms with Gasteiger partial charge in [0.1, 0.15) is 5.82 Å². The van der Waals surface area contributed by atoms with Crippen molar-refractivity contribution in [2.24, 2.45) is 5.73 Å². The van der Waals surface area contributed by atoms with Crippen molar-refractivity contribution in [2.75, 3.05) is 12.8 Å². The molecule has 3 nitrogen and oxygen atoms in total. The van der Waals surface area contributed by atoms with Crippen molar-refractivity contribution < 1.29 is 9.18 Å². The molecule has 3 N–H and O–H groups in total. The Kier molecular flexibility index (Phi) is 6.15. The average Bonchev–Trinajstić information content (AvgIpc) is 2.35. The second-order valence-electron chi connectivity index (χ2n) is 4.18. The summed E-state index contributed by atoms with van der Waals surface area (Å²) < 4.78 is 13.5. The van der Waals surface area contributed by atoms with Crippen LogP contribution in [0.25, 0.3) is 0 Å². The van der Waals surface area contributed by atoms with E-state index < -0.39 is 5.91 Å². The maximum Gasteiger partial charge on any atom is 0.248 e. The SMILES string of the molecule is CSC(C)CCNCc1cc(C(N)=O)ccc1F. The van der Waals surface area contributed by atoms with Crippen LogP contribution in [0.2, 0.25) is 0 Å². The summed E-state index contributed by atoms with van der Waals surface area (Å²) in [6.45, 7) is 3.39. The summed E-state index contributed by atoms with van der Waals surface area (Å²) in [7, 11) is 0. The number of carbonyl (C=O) groups excluding carboxylic acids is 1. The lowest BCUT2D eigenvalue weighted by atomic mass is 10.1. The van der Waals surface area contributed by atoms with E-state index in [2.05, 4.69) is 18.5 Å². The van der Waals surface area contributed by atoms with Gasteiger partial charge in [-0.15, -0.1) is 0 Å². The van der Waals surface area contributed by atoms with Crippen LogP contribution in [0, 0.1) is 5.82 Å². The van der Waals surface area contributed by atoms with Gasteiger partial charge in [-0.05, 0) is 37.4 Å². The minimum atomic E-state index is -0.535. The highest BCUT2D eigenvalue weighted by Gasteiger charge is 2.07. The first kappa shape index (κ1) is 15.0. The number of amides is 1. The molecule has 1 aromatic carbocycles. The number of thioether (sulfide) groups is 1. The minimum Gasteiger partial charge on any atom is -0.366 e. The molecule has 0 aliphatic heterocycles. The second-order valence-corrected chi connectivity index (χ2v) is 5.46. The lowest BCUT2D eigenvalue weighted by molar-refractivity contribution is 0.1000. The largest absolute Gasteiger partial charge is 0.366 e. The molecule has 18 heavy (non-hydrogen) atoms. The van der Waals surface area contributed by atoms with Crippen molar-refractivity contribution in [3.63, 3.8) is 0 Å². The molecule has 1 aromatic rings. The maximum atomic E-state index is 13.5. The van der Waals surface area contributed by atoms with Crippen LogP contribution < -0.4 is 11.1 Å². The van der Waals surface area contributed by atoms with Crippen molar-refractivity contribution in [2.45, 2.75) is 25.1 Å². The van der Waals surface area contributed by atoms with E-state index in [1.807, 2.05) is 0 Å². The van der Waals surface area contributed by atoms with Crippen molar-refractivity contribution >= 4 is 17.7 Å². The standard InChI is InChI=1S/C13H19FN2OS/c1-9(18-2)5-6-16-8-11-7-10(13(15)17)3-4-12(11)14/h3-4,7,9,16H,5-6,8H2,1-2H3,(H2,15,17). The van der Waals surface area contributed by atoms with Gasteiger partial charge in [-0.2, -0.15) is 11.8 Å². The first-order valence-electron chi connectivity index (χ1n) is 5.86. The van der Waals surface area contributed by atoms with E-state index >= 15 is 0 Å². The zero-order valence-electron chi connectivity index (χ0n) is 10.7. The number of nitrogens with two attached hydrogens (primary N) is 1. The van der Waals surface area contributed by atoms with Crippen LogP contribution in [0.4, 0.5) is 4.39 Å². The van der Waals surface area contributed by atoms with Crippen LogP contribution in [-0.2, 0) is 6.54 Å². The molecule has 0 saturated carbocycles. The van der Waals surface area contributed by atoms with Gasteiger partial charge in [0.2, 0.25) is 5.91 Å². The van der Waals surface area contributed by atoms with Gasteiger partial charge in [-0.25, -0.2) is 4.39 Å². The van der Waals surface area contributed by atoms with Gasteiger partial charge in [0, 0.05) is 22.9 Å². The number of halogens is 1. The monoisotopic (exact) mass is 270 g/mol. The molecule has 0 fully saturated rings. The third kappa shape index (κ3) is 4.66. The van der Waals surface area contributed by atoms with E-state index in [0.717, 1.165) is 13.0 Å². The molecule has 1 atom stereocenters. The number of hydrogen-bond donors (Lipinski definition) is 2. The molecular weight excluding hydrogens is 251 g/mol. The van der Waals surface area contributed by atoms with E-state index in [0.29, 0.717) is 22.9 Å². The van der Waals surface area contributed by atoms with Crippen LogP contribution >= 0.6 is 11.8 Å². The Morgan fingerprint density at radius 1 is 1.56 bits per heavy atom. The number of primary amides is 1. The molecule has 0 bridgehead atoms. The molecule has 0 saturated heterocycles. The third-order valence-electron chi connectivity index (χ3n) is 2.78. The molecule has 5 heteroatoms. The number of nitrogens with one attached hydrogen (secondary N) is 1. The summed E-state index contributed by atoms with van der Waals surface area (Å²) in [5.41, 5.74) is 5.97. The zero-order valence-corrected chi connectivity index (χ0v) is 11.5. The fraction of sp³-hybridized carbons (Fsp3) is 0.462. The average molecular weight is 270 g/mol. The predicted molar refractivity (Wildman–Crippen MR) is 74.2 cm³/mol. The maximum absolute atomic E-state index is 13.5. The smallest absolute Gasteiger partial charge is 0.248 e. The number of benzene rings is 1. The van der Waals surface area contributed by atoms with Crippen LogP contribution in [-0.4, -0.2) is 24.0 Å². The molecule has 0 radical (unpaired) electrons. The van der Waals surface area contributed by atoms with Gasteiger partial charge in [-0.3, -0.25) is 4.79 Å². The number of rotatable bonds is 7. The van der Waals surface area contributed by atoms with Gasteiger partial charge in [-0.1, -0.05) is 6.92 Å². The summed E-state index contributed by atoms with van der Waals surface area (Å²) in [6, 6.07) is 4.18. The second kappa shape index (κ2) is 7.38. The van der Waals surface area contributed by atoms with Crippen molar-refractivity contribution in [3.05, 3.63) is 35.1 Å². The molecule has 1 unspecified atom stereocenters. The van der Waals surface area contributed by atoms with E-state index in [1.54, 1.807) is 11.8 Å². The first-order valence-corrected chi connectivity index (χ1v) is 7.15. The summed E-state index contributed by atoms with van der Waals surface area (Å²) in [6.07, 6.45) is 3.10. The molecule has 100 valence electrons. The van der Waals surface area contributed by atoms with Gasteiger partial charge >= 0.3 is 0 Å². The molecule has 0 aliphatic rings. The van der Waals surface area contributed by atoms with E-state index in [9.17, 15) is 9.18 Å². The third-order valence-corrected chi connectivity index (χ3v) is 3.82. The van der Waals surface area contributed by atoms with Crippen molar-refractivity contribution in [1.29, 1.82) is 0 Å². The lowest BCUT2D eigenvalue weighted by Crippen LogP contribution is -2.19. The van der Waals surface area contributed by atoms with Crippen molar-refractivity contribution in [3.8, 4) is 0 Å². The summed E-state index contributed by atoms with van der Waals surface area (Å²) >= 11 is 1.81. The molecule has 0 aromatic heterocycles. The molecule has 1 amide bonds. The van der Waals surface area contributed by atoms with Crippen LogP contribution in [0.1, 0.15) is 29.3 Å². The molecule has 0 spiro atoms. The van der Waals surface area contributed by atoms with E-state index in [-0.39, 0.29) is 5.82 Å². The van der Waals surface area contributed by atoms with Gasteiger partial charge in [0.25, 0.3) is 0 Å². The highest BCUT2D eigenvalue weighted by atomic mass is 32.2. The molecule has 0 aliphatic carbocycles. The number of hydrogen-bond acceptors (Lipinski definition) is 3. The van der Waals surface area contributed by atoms with Crippen molar-refractivity contribution in [1.82, 2.24) is 5.32 Å². The summed E-state index contributed by atoms with van der Waals surface area (Å²) in [5, 5.41) is 3.75. The normalized spacial score (nSPS) is 12.4. The highest BCUT2D eigenvalue weighted by Crippen LogP contribution is 2.11. The first-order chi connectivity index (χ1) is 8.54. The summed E-state index contributed by atoms with van der Waals surface area (Å²) in [4.78, 5) is 11.0. The Morgan fingerprint density at radius 2 is 2.28 bits per heavy atom. The topological polar surface area (TPSA) is 55.1 Å². The predicted octanol–water partition coefficient (Wildman–Crippen LogP) is 2.16. The quantitative estimate of drug-likeness (QED) is 0.747. The Hall–Kier alpha value is -1.07. The van der Waals surface area contributed by atoms with Crippen LogP contribution in [0.15, 0.2) is 18.2 Å². The van der Waals surface area contributed by atoms with E-state index in [4.69, 9.17) is 5.73 Å². The Morgan fingerprint density at radius 3 is 2.89 bits per heavy atom. The Bertz CT molecular complexity index is 412. The molecular formula is C13H19FN2OS. The minimum absolute atomic E-state index is 0.314. The van der Waals surface area contributed by atoms with Gasteiger partial charge < -0.3 is 11.1 Å². The zero-order chi connectivity index (χ0) is 13.5. The fourth-order valence-electron chi connectivity index (χ4n) is 1.51. The highest BCUT2D eigenvalue weighted by molar-refractivity contribution is 7.99. The molecule has 0 heterocycles. The fourth-order valence-corrected chi connectivity index (χ4v) is 1.86. The van der Waals surface area contributed by atoms with Crippen LogP contribution in [0.3, 0.4) is 0 Å².